The van der Waals surface area contributed by atoms with Crippen LogP contribution in [-0.2, 0) is 19.4 Å². The van der Waals surface area contributed by atoms with Gasteiger partial charge in [-0.3, -0.25) is 4.79 Å². The maximum Gasteiger partial charge on any atom is 0.252 e. The Morgan fingerprint density at radius 2 is 1.45 bits per heavy atom. The van der Waals surface area contributed by atoms with E-state index in [0.29, 0.717) is 38.3 Å². The molecule has 0 heterocycles. The Labute approximate surface area is 235 Å². The number of aromatic hydroxyl groups is 1. The Morgan fingerprint density at radius 3 is 2.12 bits per heavy atom. The number of phenols is 1. The summed E-state index contributed by atoms with van der Waals surface area (Å²) in [5.41, 5.74) is 8.73. The minimum absolute atomic E-state index is 0.00938. The summed E-state index contributed by atoms with van der Waals surface area (Å²) in [7, 11) is 0. The lowest BCUT2D eigenvalue weighted by Gasteiger charge is -2.21. The number of rotatable bonds is 15. The first kappa shape index (κ1) is 28.7. The van der Waals surface area contributed by atoms with Gasteiger partial charge in [0.25, 0.3) is 5.91 Å². The van der Waals surface area contributed by atoms with Crippen LogP contribution in [0.15, 0.2) is 103 Å². The lowest BCUT2D eigenvalue weighted by molar-refractivity contribution is 0.0996. The Morgan fingerprint density at radius 1 is 0.800 bits per heavy atom. The molecule has 0 saturated carbocycles. The maximum absolute atomic E-state index is 11.6. The van der Waals surface area contributed by atoms with Crippen molar-refractivity contribution in [2.24, 2.45) is 5.73 Å². The van der Waals surface area contributed by atoms with Crippen LogP contribution in [0.2, 0.25) is 0 Å². The zero-order valence-corrected chi connectivity index (χ0v) is 22.4. The van der Waals surface area contributed by atoms with Gasteiger partial charge in [0.15, 0.2) is 0 Å². The van der Waals surface area contributed by atoms with Gasteiger partial charge in [0.05, 0.1) is 11.7 Å². The monoisotopic (exact) mass is 540 g/mol. The van der Waals surface area contributed by atoms with Crippen molar-refractivity contribution < 1.29 is 24.5 Å². The average Bonchev–Trinajstić information content (AvgIpc) is 2.97. The van der Waals surface area contributed by atoms with E-state index in [4.69, 9.17) is 15.2 Å². The summed E-state index contributed by atoms with van der Waals surface area (Å²) >= 11 is 0. The molecule has 7 heteroatoms. The number of aliphatic hydroxyl groups excluding tert-OH is 1. The highest BCUT2D eigenvalue weighted by Crippen LogP contribution is 2.24. The van der Waals surface area contributed by atoms with E-state index in [0.717, 1.165) is 28.9 Å². The molecular formula is C33H36N2O5. The third-order valence-electron chi connectivity index (χ3n) is 6.53. The third-order valence-corrected chi connectivity index (χ3v) is 6.53. The van der Waals surface area contributed by atoms with Crippen molar-refractivity contribution in [3.63, 3.8) is 0 Å². The Bertz CT molecular complexity index is 1330. The van der Waals surface area contributed by atoms with Gasteiger partial charge in [-0.25, -0.2) is 0 Å². The molecule has 5 N–H and O–H groups in total. The molecule has 0 aliphatic heterocycles. The molecule has 0 aromatic heterocycles. The topological polar surface area (TPSA) is 114 Å². The molecule has 0 aliphatic carbocycles. The van der Waals surface area contributed by atoms with Gasteiger partial charge >= 0.3 is 0 Å². The average molecular weight is 541 g/mol. The summed E-state index contributed by atoms with van der Waals surface area (Å²) in [6, 6.07) is 32.4. The molecule has 1 amide bonds. The van der Waals surface area contributed by atoms with Crippen molar-refractivity contribution in [3.05, 3.63) is 125 Å². The van der Waals surface area contributed by atoms with Crippen molar-refractivity contribution in [3.8, 4) is 17.2 Å². The maximum atomic E-state index is 11.6. The molecule has 0 aliphatic rings. The number of carbonyl (C=O) groups is 1. The molecular weight excluding hydrogens is 504 g/mol. The van der Waals surface area contributed by atoms with Crippen molar-refractivity contribution in [2.45, 2.75) is 38.1 Å². The van der Waals surface area contributed by atoms with Gasteiger partial charge in [0.1, 0.15) is 30.0 Å². The summed E-state index contributed by atoms with van der Waals surface area (Å²) in [4.78, 5) is 11.6. The number of carbonyl (C=O) groups excluding carboxylic acids is 1. The fourth-order valence-electron chi connectivity index (χ4n) is 4.35. The number of amides is 1. The fourth-order valence-corrected chi connectivity index (χ4v) is 4.35. The van der Waals surface area contributed by atoms with E-state index in [1.165, 1.54) is 12.1 Å². The molecule has 0 radical (unpaired) electrons. The molecule has 2 atom stereocenters. The predicted octanol–water partition coefficient (Wildman–Crippen LogP) is 4.64. The number of benzene rings is 4. The molecule has 0 saturated heterocycles. The molecule has 208 valence electrons. The van der Waals surface area contributed by atoms with Crippen LogP contribution in [0.3, 0.4) is 0 Å². The smallest absolute Gasteiger partial charge is 0.252 e. The summed E-state index contributed by atoms with van der Waals surface area (Å²) in [6.07, 6.45) is 1.18. The van der Waals surface area contributed by atoms with Crippen molar-refractivity contribution in [1.82, 2.24) is 5.32 Å². The van der Waals surface area contributed by atoms with Crippen LogP contribution in [0.25, 0.3) is 0 Å². The van der Waals surface area contributed by atoms with E-state index in [1.807, 2.05) is 84.9 Å². The summed E-state index contributed by atoms with van der Waals surface area (Å²) in [5, 5.41) is 23.8. The van der Waals surface area contributed by atoms with Gasteiger partial charge in [-0.1, -0.05) is 72.8 Å². The molecule has 4 aromatic carbocycles. The SMILES string of the molecule is NC(=O)c1cc(OC(CNCC(O)CCc2ccc(OCc3ccccc3)cc2)Cc2ccccc2)ccc1O. The highest BCUT2D eigenvalue weighted by Gasteiger charge is 2.16. The largest absolute Gasteiger partial charge is 0.507 e. The number of ether oxygens (including phenoxy) is 2. The molecule has 0 spiro atoms. The first-order valence-corrected chi connectivity index (χ1v) is 13.4. The zero-order valence-electron chi connectivity index (χ0n) is 22.4. The van der Waals surface area contributed by atoms with Crippen molar-refractivity contribution in [2.75, 3.05) is 13.1 Å². The lowest BCUT2D eigenvalue weighted by atomic mass is 10.1. The van der Waals surface area contributed by atoms with Crippen LogP contribution in [0, 0.1) is 0 Å². The lowest BCUT2D eigenvalue weighted by Crippen LogP contribution is -2.37. The van der Waals surface area contributed by atoms with E-state index < -0.39 is 12.0 Å². The molecule has 2 unspecified atom stereocenters. The highest BCUT2D eigenvalue weighted by atomic mass is 16.5. The second-order valence-corrected chi connectivity index (χ2v) is 9.74. The third kappa shape index (κ3) is 9.15. The minimum Gasteiger partial charge on any atom is -0.507 e. The number of primary amides is 1. The van der Waals surface area contributed by atoms with Gasteiger partial charge in [-0.05, 0) is 59.9 Å². The zero-order chi connectivity index (χ0) is 28.2. The standard InChI is InChI=1S/C33H36N2O5/c34-33(38)31-20-29(17-18-32(31)37)40-30(19-25-7-3-1-4-8-25)22-35-21-27(36)14-11-24-12-15-28(16-13-24)39-23-26-9-5-2-6-10-26/h1-10,12-13,15-18,20,27,30,35-37H,11,14,19,21-23H2,(H2,34,38). The molecule has 0 bridgehead atoms. The van der Waals surface area contributed by atoms with Crippen LogP contribution in [0.4, 0.5) is 0 Å². The Kier molecular flexibility index (Phi) is 10.6. The van der Waals surface area contributed by atoms with E-state index in [2.05, 4.69) is 5.32 Å². The Hall–Kier alpha value is -4.33. The predicted molar refractivity (Wildman–Crippen MR) is 156 cm³/mol. The fraction of sp³-hybridized carbons (Fsp3) is 0.242. The normalized spacial score (nSPS) is 12.4. The summed E-state index contributed by atoms with van der Waals surface area (Å²) in [5.74, 6) is 0.343. The van der Waals surface area contributed by atoms with Gasteiger partial charge < -0.3 is 30.7 Å². The van der Waals surface area contributed by atoms with E-state index in [1.54, 1.807) is 6.07 Å². The quantitative estimate of drug-likeness (QED) is 0.175. The minimum atomic E-state index is -0.724. The summed E-state index contributed by atoms with van der Waals surface area (Å²) in [6.45, 7) is 1.42. The highest BCUT2D eigenvalue weighted by molar-refractivity contribution is 5.95. The number of hydrogen-bond acceptors (Lipinski definition) is 6. The number of aliphatic hydroxyl groups is 1. The van der Waals surface area contributed by atoms with Crippen LogP contribution in [-0.4, -0.2) is 41.4 Å². The molecule has 0 fully saturated rings. The molecule has 40 heavy (non-hydrogen) atoms. The first-order valence-electron chi connectivity index (χ1n) is 13.4. The number of aryl methyl sites for hydroxylation is 1. The van der Waals surface area contributed by atoms with E-state index in [-0.39, 0.29) is 17.4 Å². The second-order valence-electron chi connectivity index (χ2n) is 9.74. The number of nitrogens with two attached hydrogens (primary N) is 1. The van der Waals surface area contributed by atoms with Gasteiger partial charge in [-0.2, -0.15) is 0 Å². The van der Waals surface area contributed by atoms with Crippen LogP contribution >= 0.6 is 0 Å². The number of hydrogen-bond donors (Lipinski definition) is 4. The first-order chi connectivity index (χ1) is 19.5. The summed E-state index contributed by atoms with van der Waals surface area (Å²) < 4.78 is 12.0. The molecule has 7 nitrogen and oxygen atoms in total. The van der Waals surface area contributed by atoms with E-state index >= 15 is 0 Å². The van der Waals surface area contributed by atoms with Gasteiger partial charge in [0.2, 0.25) is 0 Å². The van der Waals surface area contributed by atoms with Crippen LogP contribution < -0.4 is 20.5 Å². The molecule has 4 aromatic rings. The molecule has 4 rings (SSSR count). The van der Waals surface area contributed by atoms with Gasteiger partial charge in [0, 0.05) is 19.5 Å². The second kappa shape index (κ2) is 14.7. The van der Waals surface area contributed by atoms with Crippen molar-refractivity contribution >= 4 is 5.91 Å². The van der Waals surface area contributed by atoms with Crippen molar-refractivity contribution in [1.29, 1.82) is 0 Å². The van der Waals surface area contributed by atoms with Gasteiger partial charge in [-0.15, -0.1) is 0 Å². The Balaban J connectivity index is 1.25. The van der Waals surface area contributed by atoms with Crippen LogP contribution in [0.5, 0.6) is 17.2 Å². The number of nitrogens with one attached hydrogen (secondary N) is 1. The van der Waals surface area contributed by atoms with Crippen LogP contribution in [0.1, 0.15) is 33.5 Å². The van der Waals surface area contributed by atoms with E-state index in [9.17, 15) is 15.0 Å².